The van der Waals surface area contributed by atoms with E-state index in [-0.39, 0.29) is 25.2 Å². The maximum atomic E-state index is 12.0. The van der Waals surface area contributed by atoms with E-state index < -0.39 is 5.97 Å². The van der Waals surface area contributed by atoms with Crippen molar-refractivity contribution in [2.45, 2.75) is 33.2 Å². The van der Waals surface area contributed by atoms with Crippen LogP contribution in [0.25, 0.3) is 22.0 Å². The number of aliphatic carboxylic acids is 1. The Bertz CT molecular complexity index is 901. The van der Waals surface area contributed by atoms with Crippen molar-refractivity contribution in [1.29, 1.82) is 0 Å². The fraction of sp³-hybridized carbons (Fsp3) is 0.278. The van der Waals surface area contributed by atoms with Crippen LogP contribution >= 0.6 is 0 Å². The second kappa shape index (κ2) is 6.31. The molecule has 6 heteroatoms. The van der Waals surface area contributed by atoms with Gasteiger partial charge in [0.15, 0.2) is 5.78 Å². The van der Waals surface area contributed by atoms with Gasteiger partial charge in [-0.25, -0.2) is 0 Å². The lowest BCUT2D eigenvalue weighted by molar-refractivity contribution is -0.138. The number of carbonyl (C=O) groups is 2. The number of fused-ring (bicyclic) bond motifs is 1. The number of ketones is 1. The molecule has 124 valence electrons. The zero-order chi connectivity index (χ0) is 17.3. The molecule has 0 saturated carbocycles. The van der Waals surface area contributed by atoms with Gasteiger partial charge in [-0.2, -0.15) is 0 Å². The lowest BCUT2D eigenvalue weighted by atomic mass is 10.0. The topological polar surface area (TPSA) is 85.3 Å². The van der Waals surface area contributed by atoms with Gasteiger partial charge in [0.05, 0.1) is 18.7 Å². The average molecular weight is 326 g/mol. The van der Waals surface area contributed by atoms with Crippen LogP contribution in [-0.4, -0.2) is 26.6 Å². The number of carbonyl (C=O) groups excluding carboxylic acids is 1. The molecule has 0 fully saturated rings. The molecule has 0 spiro atoms. The average Bonchev–Trinajstić information content (AvgIpc) is 3.08. The molecule has 6 nitrogen and oxygen atoms in total. The molecule has 0 aliphatic carbocycles. The van der Waals surface area contributed by atoms with E-state index in [9.17, 15) is 9.59 Å². The Hall–Kier alpha value is -2.89. The first kappa shape index (κ1) is 16.0. The first-order valence-electron chi connectivity index (χ1n) is 7.71. The molecule has 3 aromatic rings. The van der Waals surface area contributed by atoms with Crippen molar-refractivity contribution in [1.82, 2.24) is 9.72 Å². The molecule has 0 saturated heterocycles. The van der Waals surface area contributed by atoms with E-state index in [0.29, 0.717) is 0 Å². The van der Waals surface area contributed by atoms with Gasteiger partial charge in [-0.05, 0) is 36.9 Å². The fourth-order valence-electron chi connectivity index (χ4n) is 2.89. The largest absolute Gasteiger partial charge is 0.481 e. The molecular weight excluding hydrogens is 308 g/mol. The fourth-order valence-corrected chi connectivity index (χ4v) is 2.89. The van der Waals surface area contributed by atoms with Crippen LogP contribution in [0.3, 0.4) is 0 Å². The molecule has 0 amide bonds. The predicted molar refractivity (Wildman–Crippen MR) is 88.8 cm³/mol. The van der Waals surface area contributed by atoms with Gasteiger partial charge in [0.2, 0.25) is 0 Å². The molecule has 0 bridgehead atoms. The normalized spacial score (nSPS) is 11.1. The number of aryl methyl sites for hydroxylation is 2. The lowest BCUT2D eigenvalue weighted by Crippen LogP contribution is -2.10. The Labute approximate surface area is 138 Å². The summed E-state index contributed by atoms with van der Waals surface area (Å²) in [5, 5.41) is 13.7. The van der Waals surface area contributed by atoms with Crippen LogP contribution in [-0.2, 0) is 16.1 Å². The van der Waals surface area contributed by atoms with Gasteiger partial charge in [-0.3, -0.25) is 9.59 Å². The summed E-state index contributed by atoms with van der Waals surface area (Å²) in [4.78, 5) is 22.6. The molecule has 2 heterocycles. The maximum absolute atomic E-state index is 12.0. The first-order valence-corrected chi connectivity index (χ1v) is 7.71. The van der Waals surface area contributed by atoms with E-state index in [1.54, 1.807) is 0 Å². The van der Waals surface area contributed by atoms with Gasteiger partial charge in [-0.1, -0.05) is 17.3 Å². The highest BCUT2D eigenvalue weighted by molar-refractivity contribution is 5.88. The molecule has 2 aromatic heterocycles. The van der Waals surface area contributed by atoms with Gasteiger partial charge in [-0.15, -0.1) is 0 Å². The Morgan fingerprint density at radius 1 is 1.21 bits per heavy atom. The summed E-state index contributed by atoms with van der Waals surface area (Å²) in [6.07, 6.45) is 1.75. The van der Waals surface area contributed by atoms with Crippen molar-refractivity contribution < 1.29 is 19.2 Å². The monoisotopic (exact) mass is 326 g/mol. The van der Waals surface area contributed by atoms with Crippen LogP contribution in [0.2, 0.25) is 0 Å². The van der Waals surface area contributed by atoms with Gasteiger partial charge < -0.3 is 14.2 Å². The molecule has 0 aliphatic rings. The Morgan fingerprint density at radius 3 is 2.67 bits per heavy atom. The third kappa shape index (κ3) is 3.08. The smallest absolute Gasteiger partial charge is 0.303 e. The predicted octanol–water partition coefficient (Wildman–Crippen LogP) is 3.35. The van der Waals surface area contributed by atoms with E-state index in [1.165, 1.54) is 0 Å². The molecular formula is C18H18N2O4. The van der Waals surface area contributed by atoms with Gasteiger partial charge in [0.1, 0.15) is 5.76 Å². The highest BCUT2D eigenvalue weighted by Crippen LogP contribution is 2.30. The standard InChI is InChI=1S/C18H18N2O4/c1-11-18(12(2)24-19-11)14-4-3-13-7-8-20(16(13)9-14)10-15(21)5-6-17(22)23/h3-4,7-9H,5-6,10H2,1-2H3,(H,22,23). The molecule has 1 N–H and O–H groups in total. The number of rotatable bonds is 6. The maximum Gasteiger partial charge on any atom is 0.303 e. The number of nitrogens with zero attached hydrogens (tertiary/aromatic N) is 2. The highest BCUT2D eigenvalue weighted by Gasteiger charge is 2.14. The Balaban J connectivity index is 1.92. The van der Waals surface area contributed by atoms with E-state index in [0.717, 1.165) is 33.5 Å². The summed E-state index contributed by atoms with van der Waals surface area (Å²) < 4.78 is 7.07. The number of hydrogen-bond acceptors (Lipinski definition) is 4. The zero-order valence-electron chi connectivity index (χ0n) is 13.6. The van der Waals surface area contributed by atoms with E-state index >= 15 is 0 Å². The first-order chi connectivity index (χ1) is 11.5. The van der Waals surface area contributed by atoms with Crippen molar-refractivity contribution >= 4 is 22.7 Å². The van der Waals surface area contributed by atoms with Crippen molar-refractivity contribution in [3.05, 3.63) is 41.9 Å². The minimum Gasteiger partial charge on any atom is -0.481 e. The second-order valence-electron chi connectivity index (χ2n) is 5.85. The van der Waals surface area contributed by atoms with E-state index in [1.807, 2.05) is 48.9 Å². The minimum absolute atomic E-state index is 0.0402. The Kier molecular flexibility index (Phi) is 4.20. The summed E-state index contributed by atoms with van der Waals surface area (Å²) in [7, 11) is 0. The van der Waals surface area contributed by atoms with Crippen molar-refractivity contribution in [3.8, 4) is 11.1 Å². The van der Waals surface area contributed by atoms with Crippen LogP contribution in [0.4, 0.5) is 0 Å². The summed E-state index contributed by atoms with van der Waals surface area (Å²) in [5.41, 5.74) is 3.69. The third-order valence-corrected chi connectivity index (χ3v) is 4.06. The lowest BCUT2D eigenvalue weighted by Gasteiger charge is -2.06. The van der Waals surface area contributed by atoms with E-state index in [4.69, 9.17) is 9.63 Å². The van der Waals surface area contributed by atoms with Crippen molar-refractivity contribution in [2.75, 3.05) is 0 Å². The summed E-state index contributed by atoms with van der Waals surface area (Å²) in [5.74, 6) is -0.304. The molecule has 0 radical (unpaired) electrons. The highest BCUT2D eigenvalue weighted by atomic mass is 16.5. The Morgan fingerprint density at radius 2 is 2.00 bits per heavy atom. The van der Waals surface area contributed by atoms with E-state index in [2.05, 4.69) is 5.16 Å². The number of Topliss-reactive ketones (excluding diaryl/α,β-unsaturated/α-hetero) is 1. The summed E-state index contributed by atoms with van der Waals surface area (Å²) in [6, 6.07) is 7.95. The van der Waals surface area contributed by atoms with Gasteiger partial charge in [0.25, 0.3) is 0 Å². The molecule has 24 heavy (non-hydrogen) atoms. The number of benzene rings is 1. The molecule has 0 atom stereocenters. The van der Waals surface area contributed by atoms with Gasteiger partial charge in [0, 0.05) is 23.7 Å². The number of carboxylic acid groups (broad SMARTS) is 1. The van der Waals surface area contributed by atoms with Crippen LogP contribution < -0.4 is 0 Å². The number of aromatic nitrogens is 2. The van der Waals surface area contributed by atoms with Gasteiger partial charge >= 0.3 is 5.97 Å². The summed E-state index contributed by atoms with van der Waals surface area (Å²) >= 11 is 0. The molecule has 0 aliphatic heterocycles. The van der Waals surface area contributed by atoms with Crippen LogP contribution in [0.5, 0.6) is 0 Å². The van der Waals surface area contributed by atoms with Crippen molar-refractivity contribution in [2.24, 2.45) is 0 Å². The van der Waals surface area contributed by atoms with Crippen LogP contribution in [0.1, 0.15) is 24.3 Å². The summed E-state index contributed by atoms with van der Waals surface area (Å²) in [6.45, 7) is 3.93. The number of carboxylic acids is 1. The van der Waals surface area contributed by atoms with Crippen LogP contribution in [0.15, 0.2) is 35.0 Å². The SMILES string of the molecule is Cc1noc(C)c1-c1ccc2ccn(CC(=O)CCC(=O)O)c2c1. The van der Waals surface area contributed by atoms with Crippen LogP contribution in [0, 0.1) is 13.8 Å². The molecule has 3 rings (SSSR count). The van der Waals surface area contributed by atoms with Crippen molar-refractivity contribution in [3.63, 3.8) is 0 Å². The minimum atomic E-state index is -0.957. The zero-order valence-corrected chi connectivity index (χ0v) is 13.6. The molecule has 0 unspecified atom stereocenters. The third-order valence-electron chi connectivity index (χ3n) is 4.06. The second-order valence-corrected chi connectivity index (χ2v) is 5.85. The quantitative estimate of drug-likeness (QED) is 0.751. The molecule has 1 aromatic carbocycles. The number of hydrogen-bond donors (Lipinski definition) is 1.